The monoisotopic (exact) mass is 303 g/mol. The van der Waals surface area contributed by atoms with Crippen LogP contribution in [-0.2, 0) is 11.2 Å². The van der Waals surface area contributed by atoms with Crippen LogP contribution < -0.4 is 4.74 Å². The zero-order valence-corrected chi connectivity index (χ0v) is 13.4. The van der Waals surface area contributed by atoms with Gasteiger partial charge in [0.05, 0.1) is 5.52 Å². The molecule has 0 aliphatic carbocycles. The van der Waals surface area contributed by atoms with E-state index in [-0.39, 0.29) is 5.82 Å². The molecule has 0 saturated carbocycles. The summed E-state index contributed by atoms with van der Waals surface area (Å²) in [6.07, 6.45) is 5.43. The number of fused-ring (bicyclic) bond motifs is 1. The molecule has 118 valence electrons. The summed E-state index contributed by atoms with van der Waals surface area (Å²) < 4.78 is 18.8. The molecular formula is C18H22FNO2. The van der Waals surface area contributed by atoms with Crippen LogP contribution in [0.3, 0.4) is 0 Å². The van der Waals surface area contributed by atoms with Crippen molar-refractivity contribution in [1.82, 2.24) is 4.98 Å². The molecule has 0 radical (unpaired) electrons. The van der Waals surface area contributed by atoms with Gasteiger partial charge in [0.25, 0.3) is 0 Å². The SMILES string of the molecule is CCCCCCc1nc2ccc(F)cc2c(OC(C)=O)c1C. The number of aryl methyl sites for hydroxylation is 1. The standard InChI is InChI=1S/C18H22FNO2/c1-4-5-6-7-8-16-12(2)18(22-13(3)21)15-11-14(19)9-10-17(15)20-16/h9-11H,4-8H2,1-3H3. The molecule has 0 unspecified atom stereocenters. The van der Waals surface area contributed by atoms with Crippen LogP contribution in [0.5, 0.6) is 5.75 Å². The smallest absolute Gasteiger partial charge is 0.308 e. The minimum absolute atomic E-state index is 0.363. The Hall–Kier alpha value is -1.97. The third-order valence-electron chi connectivity index (χ3n) is 3.75. The van der Waals surface area contributed by atoms with Crippen molar-refractivity contribution in [2.75, 3.05) is 0 Å². The summed E-state index contributed by atoms with van der Waals surface area (Å²) in [6.45, 7) is 5.41. The highest BCUT2D eigenvalue weighted by molar-refractivity contribution is 5.89. The molecule has 4 heteroatoms. The topological polar surface area (TPSA) is 39.2 Å². The van der Waals surface area contributed by atoms with Crippen LogP contribution in [-0.4, -0.2) is 11.0 Å². The minimum atomic E-state index is -0.406. The first-order valence-corrected chi connectivity index (χ1v) is 7.80. The fourth-order valence-corrected chi connectivity index (χ4v) is 2.59. The van der Waals surface area contributed by atoms with Gasteiger partial charge in [0, 0.05) is 23.6 Å². The predicted molar refractivity (Wildman–Crippen MR) is 85.6 cm³/mol. The molecule has 0 fully saturated rings. The molecule has 0 amide bonds. The van der Waals surface area contributed by atoms with Crippen molar-refractivity contribution in [2.45, 2.75) is 52.9 Å². The van der Waals surface area contributed by atoms with E-state index in [0.29, 0.717) is 16.7 Å². The molecule has 0 aliphatic heterocycles. The number of benzene rings is 1. The number of hydrogen-bond donors (Lipinski definition) is 0. The Morgan fingerprint density at radius 2 is 2.05 bits per heavy atom. The number of rotatable bonds is 6. The molecule has 0 atom stereocenters. The summed E-state index contributed by atoms with van der Waals surface area (Å²) in [5.74, 6) is -0.336. The van der Waals surface area contributed by atoms with E-state index in [9.17, 15) is 9.18 Å². The van der Waals surface area contributed by atoms with Crippen LogP contribution in [0.2, 0.25) is 0 Å². The Kier molecular flexibility index (Phi) is 5.47. The number of esters is 1. The summed E-state index contributed by atoms with van der Waals surface area (Å²) in [4.78, 5) is 16.0. The maximum Gasteiger partial charge on any atom is 0.308 e. The maximum atomic E-state index is 13.5. The highest BCUT2D eigenvalue weighted by Gasteiger charge is 2.15. The van der Waals surface area contributed by atoms with Gasteiger partial charge in [-0.25, -0.2) is 4.39 Å². The van der Waals surface area contributed by atoms with Gasteiger partial charge in [0.15, 0.2) is 0 Å². The van der Waals surface area contributed by atoms with E-state index in [2.05, 4.69) is 11.9 Å². The Balaban J connectivity index is 2.42. The summed E-state index contributed by atoms with van der Waals surface area (Å²) >= 11 is 0. The lowest BCUT2D eigenvalue weighted by Gasteiger charge is -2.14. The number of hydrogen-bond acceptors (Lipinski definition) is 3. The Labute approximate surface area is 130 Å². The van der Waals surface area contributed by atoms with Crippen molar-refractivity contribution in [3.8, 4) is 5.75 Å². The molecule has 0 spiro atoms. The molecule has 1 aromatic heterocycles. The molecule has 22 heavy (non-hydrogen) atoms. The molecule has 0 bridgehead atoms. The zero-order valence-electron chi connectivity index (χ0n) is 13.4. The molecule has 2 rings (SSSR count). The van der Waals surface area contributed by atoms with E-state index >= 15 is 0 Å². The number of carbonyl (C=O) groups is 1. The lowest BCUT2D eigenvalue weighted by atomic mass is 10.0. The fraction of sp³-hybridized carbons (Fsp3) is 0.444. The highest BCUT2D eigenvalue weighted by atomic mass is 19.1. The number of aromatic nitrogens is 1. The van der Waals surface area contributed by atoms with E-state index < -0.39 is 5.97 Å². The van der Waals surface area contributed by atoms with Crippen molar-refractivity contribution in [1.29, 1.82) is 0 Å². The molecule has 0 saturated heterocycles. The van der Waals surface area contributed by atoms with Gasteiger partial charge in [-0.1, -0.05) is 26.2 Å². The van der Waals surface area contributed by atoms with E-state index in [1.807, 2.05) is 6.92 Å². The van der Waals surface area contributed by atoms with E-state index in [1.54, 1.807) is 6.07 Å². The first-order valence-electron chi connectivity index (χ1n) is 7.80. The van der Waals surface area contributed by atoms with Crippen LogP contribution in [0.4, 0.5) is 4.39 Å². The quantitative estimate of drug-likeness (QED) is 0.572. The Morgan fingerprint density at radius 1 is 1.27 bits per heavy atom. The van der Waals surface area contributed by atoms with E-state index in [1.165, 1.54) is 31.9 Å². The van der Waals surface area contributed by atoms with Crippen molar-refractivity contribution in [3.05, 3.63) is 35.3 Å². The van der Waals surface area contributed by atoms with Crippen LogP contribution in [0, 0.1) is 12.7 Å². The van der Waals surface area contributed by atoms with Crippen molar-refractivity contribution in [3.63, 3.8) is 0 Å². The number of nitrogens with zero attached hydrogens (tertiary/aromatic N) is 1. The molecule has 0 N–H and O–H groups in total. The van der Waals surface area contributed by atoms with Gasteiger partial charge >= 0.3 is 5.97 Å². The lowest BCUT2D eigenvalue weighted by molar-refractivity contribution is -0.131. The second-order valence-corrected chi connectivity index (χ2v) is 5.58. The summed E-state index contributed by atoms with van der Waals surface area (Å²) in [5.41, 5.74) is 2.41. The van der Waals surface area contributed by atoms with Gasteiger partial charge in [-0.05, 0) is 38.0 Å². The summed E-state index contributed by atoms with van der Waals surface area (Å²) in [7, 11) is 0. The minimum Gasteiger partial charge on any atom is -0.426 e. The van der Waals surface area contributed by atoms with Crippen LogP contribution in [0.25, 0.3) is 10.9 Å². The largest absolute Gasteiger partial charge is 0.426 e. The molecule has 1 aromatic carbocycles. The van der Waals surface area contributed by atoms with Crippen molar-refractivity contribution >= 4 is 16.9 Å². The molecule has 0 aliphatic rings. The van der Waals surface area contributed by atoms with Crippen LogP contribution >= 0.6 is 0 Å². The second-order valence-electron chi connectivity index (χ2n) is 5.58. The average Bonchev–Trinajstić information content (AvgIpc) is 2.47. The summed E-state index contributed by atoms with van der Waals surface area (Å²) in [6, 6.07) is 4.38. The third-order valence-corrected chi connectivity index (χ3v) is 3.75. The van der Waals surface area contributed by atoms with Gasteiger partial charge in [-0.2, -0.15) is 0 Å². The highest BCUT2D eigenvalue weighted by Crippen LogP contribution is 2.31. The van der Waals surface area contributed by atoms with Crippen molar-refractivity contribution in [2.24, 2.45) is 0 Å². The van der Waals surface area contributed by atoms with E-state index in [4.69, 9.17) is 4.74 Å². The molecule has 1 heterocycles. The normalized spacial score (nSPS) is 10.9. The zero-order chi connectivity index (χ0) is 16.1. The summed E-state index contributed by atoms with van der Waals surface area (Å²) in [5, 5.41) is 0.546. The number of halogens is 1. The Bertz CT molecular complexity index is 682. The van der Waals surface area contributed by atoms with Crippen molar-refractivity contribution < 1.29 is 13.9 Å². The van der Waals surface area contributed by atoms with Crippen LogP contribution in [0.15, 0.2) is 18.2 Å². The first-order chi connectivity index (χ1) is 10.5. The number of unbranched alkanes of at least 4 members (excludes halogenated alkanes) is 3. The van der Waals surface area contributed by atoms with E-state index in [0.717, 1.165) is 30.5 Å². The molecular weight excluding hydrogens is 281 g/mol. The van der Waals surface area contributed by atoms with Gasteiger partial charge in [0.2, 0.25) is 0 Å². The second kappa shape index (κ2) is 7.34. The number of carbonyl (C=O) groups excluding carboxylic acids is 1. The lowest BCUT2D eigenvalue weighted by Crippen LogP contribution is -2.07. The fourth-order valence-electron chi connectivity index (χ4n) is 2.59. The number of pyridine rings is 1. The first kappa shape index (κ1) is 16.4. The van der Waals surface area contributed by atoms with Gasteiger partial charge < -0.3 is 4.74 Å². The predicted octanol–water partition coefficient (Wildman–Crippen LogP) is 4.73. The van der Waals surface area contributed by atoms with Gasteiger partial charge in [-0.3, -0.25) is 9.78 Å². The molecule has 3 nitrogen and oxygen atoms in total. The molecule has 2 aromatic rings. The number of ether oxygens (including phenoxy) is 1. The third kappa shape index (κ3) is 3.81. The Morgan fingerprint density at radius 3 is 2.73 bits per heavy atom. The average molecular weight is 303 g/mol. The van der Waals surface area contributed by atoms with Crippen LogP contribution in [0.1, 0.15) is 50.8 Å². The van der Waals surface area contributed by atoms with Gasteiger partial charge in [0.1, 0.15) is 11.6 Å². The maximum absolute atomic E-state index is 13.5. The van der Waals surface area contributed by atoms with Gasteiger partial charge in [-0.15, -0.1) is 0 Å².